The van der Waals surface area contributed by atoms with Crippen LogP contribution in [0, 0.1) is 12.8 Å². The molecule has 2 rings (SSSR count). The third-order valence-electron chi connectivity index (χ3n) is 3.44. The van der Waals surface area contributed by atoms with Crippen LogP contribution in [0.1, 0.15) is 12.0 Å². The summed E-state index contributed by atoms with van der Waals surface area (Å²) in [6.07, 6.45) is 0.743. The molecule has 108 valence electrons. The smallest absolute Gasteiger partial charge is 0.313 e. The number of anilines is 1. The summed E-state index contributed by atoms with van der Waals surface area (Å²) in [6.45, 7) is 2.93. The lowest BCUT2D eigenvalue weighted by atomic mass is 10.1. The van der Waals surface area contributed by atoms with Gasteiger partial charge >= 0.3 is 11.8 Å². The number of aliphatic hydroxyl groups is 1. The van der Waals surface area contributed by atoms with Crippen molar-refractivity contribution >= 4 is 33.4 Å². The molecule has 0 saturated carbocycles. The Morgan fingerprint density at radius 3 is 2.85 bits per heavy atom. The Kier molecular flexibility index (Phi) is 4.77. The number of hydrogen-bond acceptors (Lipinski definition) is 3. The minimum atomic E-state index is -0.634. The van der Waals surface area contributed by atoms with Gasteiger partial charge < -0.3 is 15.3 Å². The monoisotopic (exact) mass is 340 g/mol. The first-order chi connectivity index (χ1) is 9.51. The van der Waals surface area contributed by atoms with E-state index in [1.165, 1.54) is 4.90 Å². The molecular formula is C14H17BrN2O3. The molecule has 2 amide bonds. The SMILES string of the molecule is Cc1cc(NC(=O)C(=O)N2CCC(CO)C2)ccc1Br. The third kappa shape index (κ3) is 3.37. The van der Waals surface area contributed by atoms with Crippen LogP contribution < -0.4 is 5.32 Å². The Bertz CT molecular complexity index is 533. The minimum absolute atomic E-state index is 0.0529. The predicted molar refractivity (Wildman–Crippen MR) is 79.3 cm³/mol. The van der Waals surface area contributed by atoms with Crippen LogP contribution in [0.15, 0.2) is 22.7 Å². The summed E-state index contributed by atoms with van der Waals surface area (Å²) in [5.41, 5.74) is 1.58. The van der Waals surface area contributed by atoms with E-state index in [1.54, 1.807) is 12.1 Å². The van der Waals surface area contributed by atoms with E-state index >= 15 is 0 Å². The van der Waals surface area contributed by atoms with E-state index in [1.807, 2.05) is 13.0 Å². The highest BCUT2D eigenvalue weighted by molar-refractivity contribution is 9.10. The van der Waals surface area contributed by atoms with E-state index in [2.05, 4.69) is 21.2 Å². The quantitative estimate of drug-likeness (QED) is 0.802. The molecule has 0 aromatic heterocycles. The van der Waals surface area contributed by atoms with Crippen molar-refractivity contribution in [2.75, 3.05) is 25.0 Å². The fourth-order valence-electron chi connectivity index (χ4n) is 2.22. The van der Waals surface area contributed by atoms with Gasteiger partial charge in [0.15, 0.2) is 0 Å². The highest BCUT2D eigenvalue weighted by atomic mass is 79.9. The molecule has 20 heavy (non-hydrogen) atoms. The van der Waals surface area contributed by atoms with Gasteiger partial charge in [-0.05, 0) is 37.1 Å². The van der Waals surface area contributed by atoms with Crippen LogP contribution in [0.25, 0.3) is 0 Å². The van der Waals surface area contributed by atoms with Crippen LogP contribution in [-0.2, 0) is 9.59 Å². The number of aliphatic hydroxyl groups excluding tert-OH is 1. The summed E-state index contributed by atoms with van der Waals surface area (Å²) < 4.78 is 0.951. The van der Waals surface area contributed by atoms with E-state index in [9.17, 15) is 9.59 Å². The number of aryl methyl sites for hydroxylation is 1. The van der Waals surface area contributed by atoms with Crippen LogP contribution in [0.4, 0.5) is 5.69 Å². The maximum Gasteiger partial charge on any atom is 0.313 e. The lowest BCUT2D eigenvalue weighted by Gasteiger charge is -2.15. The maximum absolute atomic E-state index is 12.0. The van der Waals surface area contributed by atoms with Gasteiger partial charge in [-0.25, -0.2) is 0 Å². The Hall–Kier alpha value is -1.40. The molecule has 0 radical (unpaired) electrons. The number of benzene rings is 1. The fraction of sp³-hybridized carbons (Fsp3) is 0.429. The van der Waals surface area contributed by atoms with Crippen LogP contribution in [-0.4, -0.2) is 41.5 Å². The molecule has 1 heterocycles. The summed E-state index contributed by atoms with van der Waals surface area (Å²) in [4.78, 5) is 25.4. The molecule has 1 aromatic rings. The number of carbonyl (C=O) groups is 2. The summed E-state index contributed by atoms with van der Waals surface area (Å²) in [5, 5.41) is 11.7. The fourth-order valence-corrected chi connectivity index (χ4v) is 2.46. The molecule has 5 nitrogen and oxygen atoms in total. The lowest BCUT2D eigenvalue weighted by molar-refractivity contribution is -0.142. The third-order valence-corrected chi connectivity index (χ3v) is 4.33. The van der Waals surface area contributed by atoms with Crippen LogP contribution in [0.3, 0.4) is 0 Å². The van der Waals surface area contributed by atoms with Gasteiger partial charge in [0.05, 0.1) is 0 Å². The number of halogens is 1. The van der Waals surface area contributed by atoms with Crippen molar-refractivity contribution in [1.29, 1.82) is 0 Å². The number of amides is 2. The van der Waals surface area contributed by atoms with Crippen molar-refractivity contribution in [2.45, 2.75) is 13.3 Å². The van der Waals surface area contributed by atoms with Crippen molar-refractivity contribution in [3.8, 4) is 0 Å². The van der Waals surface area contributed by atoms with Gasteiger partial charge in [-0.1, -0.05) is 15.9 Å². The Labute approximate surface area is 126 Å². The lowest BCUT2D eigenvalue weighted by Crippen LogP contribution is -2.38. The van der Waals surface area contributed by atoms with Crippen molar-refractivity contribution in [3.05, 3.63) is 28.2 Å². The molecule has 1 saturated heterocycles. The van der Waals surface area contributed by atoms with E-state index < -0.39 is 11.8 Å². The molecule has 1 aliphatic heterocycles. The van der Waals surface area contributed by atoms with Gasteiger partial charge in [0.2, 0.25) is 0 Å². The van der Waals surface area contributed by atoms with Gasteiger partial charge in [0.25, 0.3) is 0 Å². The zero-order valence-electron chi connectivity index (χ0n) is 11.2. The minimum Gasteiger partial charge on any atom is -0.396 e. The van der Waals surface area contributed by atoms with E-state index in [0.717, 1.165) is 16.5 Å². The van der Waals surface area contributed by atoms with Gasteiger partial charge in [-0.2, -0.15) is 0 Å². The number of hydrogen-bond donors (Lipinski definition) is 2. The van der Waals surface area contributed by atoms with Crippen molar-refractivity contribution < 1.29 is 14.7 Å². The summed E-state index contributed by atoms with van der Waals surface area (Å²) >= 11 is 3.38. The summed E-state index contributed by atoms with van der Waals surface area (Å²) in [5.74, 6) is -1.09. The largest absolute Gasteiger partial charge is 0.396 e. The molecule has 1 aromatic carbocycles. The number of nitrogens with one attached hydrogen (secondary N) is 1. The molecule has 1 fully saturated rings. The first-order valence-corrected chi connectivity index (χ1v) is 7.28. The zero-order valence-corrected chi connectivity index (χ0v) is 12.8. The number of rotatable bonds is 2. The molecule has 6 heteroatoms. The Morgan fingerprint density at radius 2 is 2.25 bits per heavy atom. The Morgan fingerprint density at radius 1 is 1.50 bits per heavy atom. The second-order valence-electron chi connectivity index (χ2n) is 5.01. The van der Waals surface area contributed by atoms with Crippen LogP contribution in [0.5, 0.6) is 0 Å². The van der Waals surface area contributed by atoms with E-state index in [-0.39, 0.29) is 12.5 Å². The average molecular weight is 341 g/mol. The topological polar surface area (TPSA) is 69.6 Å². The Balaban J connectivity index is 1.97. The molecule has 2 N–H and O–H groups in total. The second kappa shape index (κ2) is 6.37. The molecule has 0 bridgehead atoms. The highest BCUT2D eigenvalue weighted by Gasteiger charge is 2.29. The van der Waals surface area contributed by atoms with Crippen LogP contribution >= 0.6 is 15.9 Å². The first-order valence-electron chi connectivity index (χ1n) is 6.48. The molecule has 0 spiro atoms. The highest BCUT2D eigenvalue weighted by Crippen LogP contribution is 2.20. The van der Waals surface area contributed by atoms with Crippen molar-refractivity contribution in [1.82, 2.24) is 4.90 Å². The zero-order chi connectivity index (χ0) is 14.7. The molecule has 1 aliphatic rings. The van der Waals surface area contributed by atoms with Gasteiger partial charge in [-0.15, -0.1) is 0 Å². The number of carbonyl (C=O) groups excluding carboxylic acids is 2. The molecule has 1 unspecified atom stereocenters. The normalized spacial score (nSPS) is 18.1. The average Bonchev–Trinajstić information content (AvgIpc) is 2.91. The molecule has 1 atom stereocenters. The summed E-state index contributed by atoms with van der Waals surface area (Å²) in [7, 11) is 0. The molecule has 0 aliphatic carbocycles. The number of likely N-dealkylation sites (tertiary alicyclic amines) is 1. The van der Waals surface area contributed by atoms with Gasteiger partial charge in [0, 0.05) is 35.8 Å². The van der Waals surface area contributed by atoms with Crippen LogP contribution in [0.2, 0.25) is 0 Å². The van der Waals surface area contributed by atoms with E-state index in [4.69, 9.17) is 5.11 Å². The first kappa shape index (κ1) is 15.0. The predicted octanol–water partition coefficient (Wildman–Crippen LogP) is 1.54. The summed E-state index contributed by atoms with van der Waals surface area (Å²) in [6, 6.07) is 5.37. The molecular weight excluding hydrogens is 324 g/mol. The van der Waals surface area contributed by atoms with Crippen molar-refractivity contribution in [2.24, 2.45) is 5.92 Å². The van der Waals surface area contributed by atoms with Gasteiger partial charge in [0.1, 0.15) is 0 Å². The van der Waals surface area contributed by atoms with Crippen molar-refractivity contribution in [3.63, 3.8) is 0 Å². The number of nitrogens with zero attached hydrogens (tertiary/aromatic N) is 1. The van der Waals surface area contributed by atoms with E-state index in [0.29, 0.717) is 18.8 Å². The second-order valence-corrected chi connectivity index (χ2v) is 5.86. The standard InChI is InChI=1S/C14H17BrN2O3/c1-9-6-11(2-3-12(9)15)16-13(19)14(20)17-5-4-10(7-17)8-18/h2-3,6,10,18H,4-5,7-8H2,1H3,(H,16,19). The maximum atomic E-state index is 12.0. The van der Waals surface area contributed by atoms with Gasteiger partial charge in [-0.3, -0.25) is 9.59 Å².